The SMILES string of the molecule is C1=CC12CC[N]CC2. The van der Waals surface area contributed by atoms with Gasteiger partial charge in [0, 0.05) is 18.5 Å². The second kappa shape index (κ2) is 1.35. The summed E-state index contributed by atoms with van der Waals surface area (Å²) in [6.07, 6.45) is 7.21. The van der Waals surface area contributed by atoms with Crippen molar-refractivity contribution >= 4 is 0 Å². The van der Waals surface area contributed by atoms with Gasteiger partial charge in [-0.05, 0) is 12.8 Å². The van der Waals surface area contributed by atoms with E-state index in [1.165, 1.54) is 12.8 Å². The van der Waals surface area contributed by atoms with Crippen molar-refractivity contribution in [1.82, 2.24) is 5.32 Å². The third kappa shape index (κ3) is 0.583. The third-order valence-electron chi connectivity index (χ3n) is 2.11. The van der Waals surface area contributed by atoms with Crippen molar-refractivity contribution < 1.29 is 0 Å². The van der Waals surface area contributed by atoms with Gasteiger partial charge in [-0.15, -0.1) is 0 Å². The number of rotatable bonds is 0. The van der Waals surface area contributed by atoms with Crippen LogP contribution in [0.1, 0.15) is 12.8 Å². The minimum atomic E-state index is 0.585. The maximum atomic E-state index is 4.27. The van der Waals surface area contributed by atoms with Gasteiger partial charge in [-0.1, -0.05) is 12.2 Å². The van der Waals surface area contributed by atoms with Crippen molar-refractivity contribution in [3.05, 3.63) is 12.2 Å². The summed E-state index contributed by atoms with van der Waals surface area (Å²) < 4.78 is 0. The number of hydrogen-bond acceptors (Lipinski definition) is 0. The molecule has 1 aliphatic carbocycles. The average molecular weight is 108 g/mol. The first kappa shape index (κ1) is 4.57. The molecule has 0 aromatic rings. The van der Waals surface area contributed by atoms with Crippen LogP contribution in [0.25, 0.3) is 0 Å². The lowest BCUT2D eigenvalue weighted by molar-refractivity contribution is 0.383. The molecular formula is C7H10N. The first-order chi connectivity index (χ1) is 3.91. The number of nitrogens with zero attached hydrogens (tertiary/aromatic N) is 1. The van der Waals surface area contributed by atoms with Gasteiger partial charge >= 0.3 is 0 Å². The van der Waals surface area contributed by atoms with Gasteiger partial charge in [0.2, 0.25) is 0 Å². The van der Waals surface area contributed by atoms with Crippen LogP contribution in [0.2, 0.25) is 0 Å². The first-order valence-electron chi connectivity index (χ1n) is 3.25. The Balaban J connectivity index is 1.96. The largest absolute Gasteiger partial charge is 0.242 e. The van der Waals surface area contributed by atoms with Crippen LogP contribution >= 0.6 is 0 Å². The normalized spacial score (nSPS) is 31.0. The van der Waals surface area contributed by atoms with Crippen molar-refractivity contribution in [2.75, 3.05) is 13.1 Å². The van der Waals surface area contributed by atoms with Crippen molar-refractivity contribution in [1.29, 1.82) is 0 Å². The summed E-state index contributed by atoms with van der Waals surface area (Å²) >= 11 is 0. The van der Waals surface area contributed by atoms with Gasteiger partial charge in [0.05, 0.1) is 0 Å². The van der Waals surface area contributed by atoms with Crippen molar-refractivity contribution in [2.24, 2.45) is 5.41 Å². The molecule has 2 rings (SSSR count). The molecule has 0 amide bonds. The molecular weight excluding hydrogens is 98.1 g/mol. The molecule has 0 bridgehead atoms. The maximum Gasteiger partial charge on any atom is 0.0144 e. The van der Waals surface area contributed by atoms with Gasteiger partial charge < -0.3 is 0 Å². The van der Waals surface area contributed by atoms with Crippen molar-refractivity contribution in [3.8, 4) is 0 Å². The molecule has 0 aromatic heterocycles. The molecule has 1 radical (unpaired) electrons. The Hall–Kier alpha value is -0.300. The molecule has 0 saturated carbocycles. The van der Waals surface area contributed by atoms with Crippen LogP contribution in [0.3, 0.4) is 0 Å². The van der Waals surface area contributed by atoms with Crippen LogP contribution in [0.15, 0.2) is 12.2 Å². The third-order valence-corrected chi connectivity index (χ3v) is 2.11. The zero-order chi connectivity index (χ0) is 5.45. The molecule has 1 spiro atoms. The van der Waals surface area contributed by atoms with Crippen LogP contribution in [0, 0.1) is 5.41 Å². The average Bonchev–Trinajstić information content (AvgIpc) is 2.52. The maximum absolute atomic E-state index is 4.27. The molecule has 1 heterocycles. The molecule has 43 valence electrons. The Morgan fingerprint density at radius 2 is 1.75 bits per heavy atom. The van der Waals surface area contributed by atoms with E-state index in [4.69, 9.17) is 0 Å². The number of piperidine rings is 1. The molecule has 0 atom stereocenters. The number of allylic oxidation sites excluding steroid dienone is 2. The predicted molar refractivity (Wildman–Crippen MR) is 32.7 cm³/mol. The molecule has 1 aliphatic heterocycles. The van der Waals surface area contributed by atoms with E-state index in [2.05, 4.69) is 17.5 Å². The zero-order valence-corrected chi connectivity index (χ0v) is 4.93. The van der Waals surface area contributed by atoms with Crippen molar-refractivity contribution in [3.63, 3.8) is 0 Å². The molecule has 1 saturated heterocycles. The quantitative estimate of drug-likeness (QED) is 0.410. The molecule has 1 fully saturated rings. The monoisotopic (exact) mass is 108 g/mol. The highest BCUT2D eigenvalue weighted by Gasteiger charge is 2.34. The summed E-state index contributed by atoms with van der Waals surface area (Å²) in [7, 11) is 0. The fourth-order valence-electron chi connectivity index (χ4n) is 1.26. The van der Waals surface area contributed by atoms with E-state index in [-0.39, 0.29) is 0 Å². The van der Waals surface area contributed by atoms with E-state index in [0.29, 0.717) is 5.41 Å². The lowest BCUT2D eigenvalue weighted by atomic mass is 9.93. The first-order valence-corrected chi connectivity index (χ1v) is 3.25. The summed E-state index contributed by atoms with van der Waals surface area (Å²) in [6, 6.07) is 0. The van der Waals surface area contributed by atoms with Gasteiger partial charge in [-0.25, -0.2) is 5.32 Å². The predicted octanol–water partition coefficient (Wildman–Crippen LogP) is 0.941. The summed E-state index contributed by atoms with van der Waals surface area (Å²) in [5, 5.41) is 4.27. The Kier molecular flexibility index (Phi) is 0.770. The second-order valence-electron chi connectivity index (χ2n) is 2.74. The van der Waals surface area contributed by atoms with E-state index in [1.807, 2.05) is 0 Å². The fourth-order valence-corrected chi connectivity index (χ4v) is 1.26. The Morgan fingerprint density at radius 1 is 1.12 bits per heavy atom. The highest BCUT2D eigenvalue weighted by Crippen LogP contribution is 2.42. The summed E-state index contributed by atoms with van der Waals surface area (Å²) in [6.45, 7) is 2.18. The Morgan fingerprint density at radius 3 is 2.12 bits per heavy atom. The smallest absolute Gasteiger partial charge is 0.0144 e. The summed E-state index contributed by atoms with van der Waals surface area (Å²) in [5.41, 5.74) is 0.585. The van der Waals surface area contributed by atoms with E-state index < -0.39 is 0 Å². The summed E-state index contributed by atoms with van der Waals surface area (Å²) in [5.74, 6) is 0. The van der Waals surface area contributed by atoms with Crippen LogP contribution in [0.4, 0.5) is 0 Å². The Labute approximate surface area is 49.8 Å². The fraction of sp³-hybridized carbons (Fsp3) is 0.714. The molecule has 1 nitrogen and oxygen atoms in total. The van der Waals surface area contributed by atoms with E-state index >= 15 is 0 Å². The van der Waals surface area contributed by atoms with Crippen molar-refractivity contribution in [2.45, 2.75) is 12.8 Å². The highest BCUT2D eigenvalue weighted by atomic mass is 14.9. The molecule has 0 unspecified atom stereocenters. The molecule has 1 heteroatoms. The zero-order valence-electron chi connectivity index (χ0n) is 4.93. The van der Waals surface area contributed by atoms with Gasteiger partial charge in [0.25, 0.3) is 0 Å². The van der Waals surface area contributed by atoms with E-state index in [0.717, 1.165) is 13.1 Å². The Bertz CT molecular complexity index is 112. The second-order valence-corrected chi connectivity index (χ2v) is 2.74. The standard InChI is InChI=1S/C7H10N/c1-2-7(1)3-5-8-6-4-7/h1-2H,3-6H2. The van der Waals surface area contributed by atoms with Crippen LogP contribution in [0.5, 0.6) is 0 Å². The van der Waals surface area contributed by atoms with E-state index in [9.17, 15) is 0 Å². The highest BCUT2D eigenvalue weighted by molar-refractivity contribution is 5.26. The van der Waals surface area contributed by atoms with Gasteiger partial charge in [0.15, 0.2) is 0 Å². The lowest BCUT2D eigenvalue weighted by Gasteiger charge is -2.20. The van der Waals surface area contributed by atoms with Crippen LogP contribution < -0.4 is 5.32 Å². The van der Waals surface area contributed by atoms with E-state index in [1.54, 1.807) is 0 Å². The molecule has 2 aliphatic rings. The molecule has 8 heavy (non-hydrogen) atoms. The summed E-state index contributed by atoms with van der Waals surface area (Å²) in [4.78, 5) is 0. The lowest BCUT2D eigenvalue weighted by Crippen LogP contribution is -2.23. The van der Waals surface area contributed by atoms with Gasteiger partial charge in [-0.3, -0.25) is 0 Å². The molecule has 0 aromatic carbocycles. The van der Waals surface area contributed by atoms with Gasteiger partial charge in [0.1, 0.15) is 0 Å². The minimum Gasteiger partial charge on any atom is -0.242 e. The number of hydrogen-bond donors (Lipinski definition) is 0. The topological polar surface area (TPSA) is 14.1 Å². The molecule has 0 N–H and O–H groups in total. The minimum absolute atomic E-state index is 0.585. The van der Waals surface area contributed by atoms with Crippen LogP contribution in [-0.2, 0) is 0 Å². The van der Waals surface area contributed by atoms with Gasteiger partial charge in [-0.2, -0.15) is 0 Å². The van der Waals surface area contributed by atoms with Crippen LogP contribution in [-0.4, -0.2) is 13.1 Å².